The first kappa shape index (κ1) is 23.6. The van der Waals surface area contributed by atoms with E-state index >= 15 is 0 Å². The number of likely N-dealkylation sites (tertiary alicyclic amines) is 1. The molecule has 2 aromatic rings. The smallest absolute Gasteiger partial charge is 0.229 e. The Kier molecular flexibility index (Phi) is 5.94. The first-order valence-corrected chi connectivity index (χ1v) is 12.5. The van der Waals surface area contributed by atoms with Gasteiger partial charge in [-0.2, -0.15) is 0 Å². The summed E-state index contributed by atoms with van der Waals surface area (Å²) in [7, 11) is 0. The van der Waals surface area contributed by atoms with Gasteiger partial charge in [0.25, 0.3) is 0 Å². The van der Waals surface area contributed by atoms with E-state index in [1.54, 1.807) is 6.20 Å². The van der Waals surface area contributed by atoms with Gasteiger partial charge in [0.1, 0.15) is 11.5 Å². The molecule has 7 heteroatoms. The van der Waals surface area contributed by atoms with Gasteiger partial charge in [-0.05, 0) is 94.6 Å². The summed E-state index contributed by atoms with van der Waals surface area (Å²) in [4.78, 5) is 19.4. The highest BCUT2D eigenvalue weighted by atomic mass is 19.1. The van der Waals surface area contributed by atoms with Crippen molar-refractivity contribution in [1.82, 2.24) is 9.88 Å². The second kappa shape index (κ2) is 8.54. The van der Waals surface area contributed by atoms with Crippen molar-refractivity contribution in [1.29, 1.82) is 0 Å². The third-order valence-electron chi connectivity index (χ3n) is 8.41. The van der Waals surface area contributed by atoms with E-state index in [1.165, 1.54) is 25.0 Å². The Morgan fingerprint density at radius 2 is 2.00 bits per heavy atom. The lowest BCUT2D eigenvalue weighted by Crippen LogP contribution is -2.56. The number of alkyl halides is 1. The maximum atomic E-state index is 14.1. The van der Waals surface area contributed by atoms with Gasteiger partial charge in [-0.25, -0.2) is 9.37 Å². The number of aryl methyl sites for hydroxylation is 1. The fraction of sp³-hybridized carbons (Fsp3) is 0.630. The van der Waals surface area contributed by atoms with Crippen LogP contribution >= 0.6 is 0 Å². The van der Waals surface area contributed by atoms with Gasteiger partial charge in [0.2, 0.25) is 5.91 Å². The van der Waals surface area contributed by atoms with Crippen LogP contribution in [0.15, 0.2) is 24.4 Å². The molecule has 1 saturated carbocycles. The van der Waals surface area contributed by atoms with Crippen molar-refractivity contribution in [2.45, 2.75) is 70.2 Å². The molecule has 184 valence electrons. The number of fused-ring (bicyclic) bond motifs is 1. The number of carbonyl (C=O) groups excluding carboxylic acids is 1. The van der Waals surface area contributed by atoms with E-state index < -0.39 is 11.8 Å². The number of carbonyl (C=O) groups is 1. The lowest BCUT2D eigenvalue weighted by Gasteiger charge is -2.44. The summed E-state index contributed by atoms with van der Waals surface area (Å²) < 4.78 is 19.7. The Bertz CT molecular complexity index is 1090. The number of aliphatic hydroxyl groups excluding tert-OH is 1. The van der Waals surface area contributed by atoms with E-state index in [9.17, 15) is 14.3 Å². The number of piperidine rings is 1. The lowest BCUT2D eigenvalue weighted by molar-refractivity contribution is -0.118. The molecule has 3 heterocycles. The zero-order valence-corrected chi connectivity index (χ0v) is 20.6. The van der Waals surface area contributed by atoms with Crippen LogP contribution in [0.25, 0.3) is 10.8 Å². The van der Waals surface area contributed by atoms with Crippen LogP contribution in [0.2, 0.25) is 0 Å². The topological polar surface area (TPSA) is 74.7 Å². The quantitative estimate of drug-likeness (QED) is 0.687. The summed E-state index contributed by atoms with van der Waals surface area (Å²) in [6.07, 6.45) is 4.02. The number of amides is 1. The van der Waals surface area contributed by atoms with Gasteiger partial charge in [0, 0.05) is 23.4 Å². The van der Waals surface area contributed by atoms with Gasteiger partial charge in [-0.3, -0.25) is 9.69 Å². The largest absolute Gasteiger partial charge is 0.389 e. The van der Waals surface area contributed by atoms with Gasteiger partial charge in [-0.1, -0.05) is 6.07 Å². The average molecular weight is 470 g/mol. The number of hydrogen-bond acceptors (Lipinski definition) is 5. The zero-order chi connectivity index (χ0) is 24.3. The van der Waals surface area contributed by atoms with Crippen LogP contribution in [-0.4, -0.2) is 64.5 Å². The molecule has 4 atom stereocenters. The van der Waals surface area contributed by atoms with Crippen molar-refractivity contribution >= 4 is 22.5 Å². The van der Waals surface area contributed by atoms with Gasteiger partial charge in [-0.15, -0.1) is 0 Å². The fourth-order valence-corrected chi connectivity index (χ4v) is 5.95. The fourth-order valence-electron chi connectivity index (χ4n) is 5.95. The number of nitrogens with zero attached hydrogens (tertiary/aromatic N) is 2. The monoisotopic (exact) mass is 469 g/mol. The van der Waals surface area contributed by atoms with E-state index in [1.807, 2.05) is 6.07 Å². The number of nitrogens with one attached hydrogen (secondary N) is 1. The Morgan fingerprint density at radius 3 is 2.62 bits per heavy atom. The molecule has 2 N–H and O–H groups in total. The third-order valence-corrected chi connectivity index (χ3v) is 8.41. The Labute approximate surface area is 200 Å². The number of aromatic nitrogens is 1. The molecule has 0 spiro atoms. The molecule has 3 fully saturated rings. The van der Waals surface area contributed by atoms with Gasteiger partial charge in [0.05, 0.1) is 24.9 Å². The number of rotatable bonds is 5. The molecular weight excluding hydrogens is 433 g/mol. The molecule has 0 bridgehead atoms. The Morgan fingerprint density at radius 1 is 1.26 bits per heavy atom. The van der Waals surface area contributed by atoms with Crippen LogP contribution in [0.1, 0.15) is 57.1 Å². The van der Waals surface area contributed by atoms with Crippen molar-refractivity contribution in [2.24, 2.45) is 11.8 Å². The standard InChI is InChI=1S/C27H36FN3O3/c1-16-9-19-13-29-24(30-25(33)21-12-22(21)26(2,3)28)11-18(19)10-20(16)17-5-7-31(8-6-17)27(4)15-34-14-23(27)32/h9-11,13,17,21-23,32H,5-8,12,14-15H2,1-4H3,(H,29,30,33)/t21-,22-,23-,27+/m1/s1. The highest BCUT2D eigenvalue weighted by Gasteiger charge is 2.52. The van der Waals surface area contributed by atoms with E-state index in [4.69, 9.17) is 4.74 Å². The Balaban J connectivity index is 1.29. The minimum atomic E-state index is -1.33. The summed E-state index contributed by atoms with van der Waals surface area (Å²) in [5.74, 6) is 0.338. The van der Waals surface area contributed by atoms with Crippen molar-refractivity contribution in [3.05, 3.63) is 35.5 Å². The van der Waals surface area contributed by atoms with Crippen LogP contribution in [0, 0.1) is 18.8 Å². The molecule has 1 aromatic carbocycles. The van der Waals surface area contributed by atoms with Gasteiger partial charge < -0.3 is 15.2 Å². The maximum absolute atomic E-state index is 14.1. The van der Waals surface area contributed by atoms with Crippen molar-refractivity contribution in [3.8, 4) is 0 Å². The summed E-state index contributed by atoms with van der Waals surface area (Å²) in [5.41, 5.74) is 0.970. The summed E-state index contributed by atoms with van der Waals surface area (Å²) >= 11 is 0. The molecule has 6 nitrogen and oxygen atoms in total. The maximum Gasteiger partial charge on any atom is 0.229 e. The predicted octanol–water partition coefficient (Wildman–Crippen LogP) is 4.20. The SMILES string of the molecule is Cc1cc2cnc(NC(=O)[C@@H]3C[C@H]3C(C)(C)F)cc2cc1C1CCN([C@@]2(C)COC[C@H]2O)CC1. The van der Waals surface area contributed by atoms with E-state index in [0.717, 1.165) is 36.7 Å². The van der Waals surface area contributed by atoms with Crippen LogP contribution < -0.4 is 5.32 Å². The molecule has 1 amide bonds. The second-order valence-electron chi connectivity index (χ2n) is 11.3. The van der Waals surface area contributed by atoms with E-state index in [-0.39, 0.29) is 23.3 Å². The van der Waals surface area contributed by atoms with E-state index in [0.29, 0.717) is 31.4 Å². The molecule has 1 aliphatic carbocycles. The molecule has 0 unspecified atom stereocenters. The number of hydrogen-bond donors (Lipinski definition) is 2. The number of benzene rings is 1. The van der Waals surface area contributed by atoms with Crippen LogP contribution in [0.3, 0.4) is 0 Å². The third kappa shape index (κ3) is 4.34. The van der Waals surface area contributed by atoms with Gasteiger partial charge >= 0.3 is 0 Å². The molecule has 0 radical (unpaired) electrons. The molecule has 5 rings (SSSR count). The minimum Gasteiger partial charge on any atom is -0.389 e. The molecule has 1 aromatic heterocycles. The first-order chi connectivity index (χ1) is 16.1. The van der Waals surface area contributed by atoms with Crippen molar-refractivity contribution < 1.29 is 19.0 Å². The normalized spacial score (nSPS) is 30.6. The number of pyridine rings is 1. The molecular formula is C27H36FN3O3. The summed E-state index contributed by atoms with van der Waals surface area (Å²) in [5, 5.41) is 15.4. The molecule has 2 aliphatic heterocycles. The predicted molar refractivity (Wildman–Crippen MR) is 131 cm³/mol. The average Bonchev–Trinajstić information content (AvgIpc) is 3.54. The number of aliphatic hydroxyl groups is 1. The molecule has 2 saturated heterocycles. The van der Waals surface area contributed by atoms with E-state index in [2.05, 4.69) is 41.2 Å². The number of halogens is 1. The second-order valence-corrected chi connectivity index (χ2v) is 11.3. The zero-order valence-electron chi connectivity index (χ0n) is 20.6. The summed E-state index contributed by atoms with van der Waals surface area (Å²) in [6.45, 7) is 10.2. The van der Waals surface area contributed by atoms with Crippen LogP contribution in [0.5, 0.6) is 0 Å². The first-order valence-electron chi connectivity index (χ1n) is 12.5. The van der Waals surface area contributed by atoms with Gasteiger partial charge in [0.15, 0.2) is 0 Å². The van der Waals surface area contributed by atoms with Crippen molar-refractivity contribution in [3.63, 3.8) is 0 Å². The molecule has 34 heavy (non-hydrogen) atoms. The summed E-state index contributed by atoms with van der Waals surface area (Å²) in [6, 6.07) is 6.34. The number of anilines is 1. The minimum absolute atomic E-state index is 0.145. The van der Waals surface area contributed by atoms with Crippen molar-refractivity contribution in [2.75, 3.05) is 31.6 Å². The number of ether oxygens (including phenoxy) is 1. The highest BCUT2D eigenvalue weighted by Crippen LogP contribution is 2.48. The van der Waals surface area contributed by atoms with Crippen LogP contribution in [0.4, 0.5) is 10.2 Å². The molecule has 3 aliphatic rings. The Hall–Kier alpha value is -2.09. The lowest BCUT2D eigenvalue weighted by atomic mass is 9.83. The van der Waals surface area contributed by atoms with Crippen LogP contribution in [-0.2, 0) is 9.53 Å². The highest BCUT2D eigenvalue weighted by molar-refractivity contribution is 5.96.